The molecule has 0 unspecified atom stereocenters. The molecule has 0 aromatic carbocycles. The fraction of sp³-hybridized carbons (Fsp3) is 0.742. The Balaban J connectivity index is 0. The second kappa shape index (κ2) is 27.5. The number of hydrogen-bond acceptors (Lipinski definition) is 8. The molecule has 0 fully saturated rings. The Hall–Kier alpha value is -2.03. The minimum Gasteiger partial charge on any atom is -1.00 e. The van der Waals surface area contributed by atoms with Gasteiger partial charge in [-0.25, -0.2) is 9.59 Å². The number of carbonyl (C=O) groups is 4. The van der Waals surface area contributed by atoms with E-state index in [-0.39, 0.29) is 73.0 Å². The van der Waals surface area contributed by atoms with Crippen LogP contribution in [-0.2, 0) is 38.7 Å². The molecule has 0 rings (SSSR count). The van der Waals surface area contributed by atoms with Crippen molar-refractivity contribution in [2.75, 3.05) is 53.0 Å². The van der Waals surface area contributed by atoms with Crippen molar-refractivity contribution in [3.63, 3.8) is 0 Å². The van der Waals surface area contributed by atoms with E-state index in [9.17, 15) is 19.2 Å². The minimum absolute atomic E-state index is 0. The van der Waals surface area contributed by atoms with E-state index in [1.165, 1.54) is 65.2 Å². The summed E-state index contributed by atoms with van der Waals surface area (Å²) in [5.74, 6) is -1.73. The van der Waals surface area contributed by atoms with Crippen molar-refractivity contribution in [2.24, 2.45) is 0 Å². The van der Waals surface area contributed by atoms with Crippen LogP contribution in [0.3, 0.4) is 0 Å². The van der Waals surface area contributed by atoms with Gasteiger partial charge in [-0.05, 0) is 26.7 Å². The van der Waals surface area contributed by atoms with Crippen molar-refractivity contribution in [1.82, 2.24) is 10.6 Å². The van der Waals surface area contributed by atoms with Crippen LogP contribution in [0.5, 0.6) is 0 Å². The second-order valence-corrected chi connectivity index (χ2v) is 11.1. The second-order valence-electron chi connectivity index (χ2n) is 11.1. The molecule has 0 aromatic heterocycles. The van der Waals surface area contributed by atoms with Crippen LogP contribution in [0.4, 0.5) is 0 Å². The van der Waals surface area contributed by atoms with E-state index in [0.717, 1.165) is 19.4 Å². The van der Waals surface area contributed by atoms with Crippen molar-refractivity contribution < 1.29 is 67.2 Å². The maximum Gasteiger partial charge on any atom is 0.368 e. The first-order chi connectivity index (χ1) is 20.0. The molecule has 0 radical (unpaired) electrons. The highest BCUT2D eigenvalue weighted by atomic mass is 127. The van der Waals surface area contributed by atoms with Crippen LogP contribution in [0.2, 0.25) is 0 Å². The molecule has 0 spiro atoms. The quantitative estimate of drug-likeness (QED) is 0.0326. The third-order valence-electron chi connectivity index (χ3n) is 6.79. The molecule has 0 saturated heterocycles. The molecule has 0 aromatic rings. The number of likely N-dealkylation sites (N-methyl/N-ethyl adjacent to an activating group) is 1. The number of amides is 2. The largest absolute Gasteiger partial charge is 1.00 e. The predicted octanol–water partition coefficient (Wildman–Crippen LogP) is 1.47. The van der Waals surface area contributed by atoms with Crippen LogP contribution in [0.25, 0.3) is 0 Å². The summed E-state index contributed by atoms with van der Waals surface area (Å²) in [6, 6.07) is 0. The molecule has 2 amide bonds. The summed E-state index contributed by atoms with van der Waals surface area (Å²) in [4.78, 5) is 65.7. The summed E-state index contributed by atoms with van der Waals surface area (Å²) in [6.45, 7) is 15.3. The molecule has 2 N–H and O–H groups in total. The van der Waals surface area contributed by atoms with Crippen molar-refractivity contribution in [1.29, 1.82) is 0 Å². The number of carbonyl (C=O) groups excluding carboxylic acids is 4. The topological polar surface area (TPSA) is 129 Å². The molecule has 0 saturated carbocycles. The van der Waals surface area contributed by atoms with Gasteiger partial charge in [-0.1, -0.05) is 71.4 Å². The van der Waals surface area contributed by atoms with Gasteiger partial charge in [-0.15, -0.1) is 0 Å². The van der Waals surface area contributed by atoms with E-state index in [1.807, 2.05) is 0 Å². The standard InChI is InChI=1S/C31H55N3O8.HI/c1-7-8-9-10-11-12-13-14-15-16-21-34(6,22-19-32-28(35)17-24-39-41-30(37)26(2)3)23-20-33-29(36)18-25-40-42-31(38)27(4)5;/h2,4,7-25H2,1,3,5-6H3,(H-,32,33,35,36);1H. The molecular formula is C31H56IN3O8. The maximum absolute atomic E-state index is 12.2. The number of unbranched alkanes of at least 4 members (excludes halogenated alkanes) is 9. The van der Waals surface area contributed by atoms with Gasteiger partial charge in [0.25, 0.3) is 0 Å². The molecule has 0 heterocycles. The summed E-state index contributed by atoms with van der Waals surface area (Å²) in [6.07, 6.45) is 12.7. The highest BCUT2D eigenvalue weighted by Crippen LogP contribution is 2.12. The molecule has 11 nitrogen and oxygen atoms in total. The van der Waals surface area contributed by atoms with Gasteiger partial charge in [0.2, 0.25) is 11.8 Å². The lowest BCUT2D eigenvalue weighted by Crippen LogP contribution is -3.00. The van der Waals surface area contributed by atoms with E-state index >= 15 is 0 Å². The van der Waals surface area contributed by atoms with E-state index in [2.05, 4.69) is 47.5 Å². The van der Waals surface area contributed by atoms with Gasteiger partial charge >= 0.3 is 11.9 Å². The summed E-state index contributed by atoms with van der Waals surface area (Å²) < 4.78 is 0.691. The maximum atomic E-state index is 12.2. The monoisotopic (exact) mass is 725 g/mol. The van der Waals surface area contributed by atoms with Gasteiger partial charge in [0.1, 0.15) is 13.2 Å². The molecule has 0 aliphatic carbocycles. The lowest BCUT2D eigenvalue weighted by molar-refractivity contribution is -0.907. The first kappa shape index (κ1) is 43.1. The molecule has 0 atom stereocenters. The van der Waals surface area contributed by atoms with E-state index in [1.54, 1.807) is 0 Å². The first-order valence-corrected chi connectivity index (χ1v) is 15.4. The minimum atomic E-state index is -0.665. The van der Waals surface area contributed by atoms with Crippen LogP contribution in [0.15, 0.2) is 24.3 Å². The Kier molecular flexibility index (Phi) is 27.6. The number of nitrogens with one attached hydrogen (secondary N) is 2. The molecule has 250 valence electrons. The summed E-state index contributed by atoms with van der Waals surface area (Å²) in [5.41, 5.74) is 0.431. The highest BCUT2D eigenvalue weighted by molar-refractivity contribution is 5.86. The zero-order valence-corrected chi connectivity index (χ0v) is 29.1. The van der Waals surface area contributed by atoms with E-state index in [0.29, 0.717) is 30.7 Å². The number of rotatable bonds is 27. The fourth-order valence-corrected chi connectivity index (χ4v) is 4.02. The molecule has 12 heteroatoms. The number of hydrogen-bond donors (Lipinski definition) is 2. The van der Waals surface area contributed by atoms with Crippen LogP contribution < -0.4 is 34.6 Å². The van der Waals surface area contributed by atoms with Gasteiger partial charge in [-0.2, -0.15) is 9.78 Å². The Labute approximate surface area is 275 Å². The average molecular weight is 726 g/mol. The van der Waals surface area contributed by atoms with Gasteiger partial charge in [-0.3, -0.25) is 19.4 Å². The Morgan fingerprint density at radius 1 is 0.628 bits per heavy atom. The molecule has 0 bridgehead atoms. The van der Waals surface area contributed by atoms with Gasteiger partial charge in [0.15, 0.2) is 0 Å². The van der Waals surface area contributed by atoms with Crippen molar-refractivity contribution >= 4 is 23.8 Å². The fourth-order valence-electron chi connectivity index (χ4n) is 4.02. The molecular weight excluding hydrogens is 669 g/mol. The Bertz CT molecular complexity index is 786. The van der Waals surface area contributed by atoms with Crippen LogP contribution in [0.1, 0.15) is 97.8 Å². The lowest BCUT2D eigenvalue weighted by Gasteiger charge is -2.35. The number of nitrogens with zero attached hydrogens (tertiary/aromatic N) is 1. The van der Waals surface area contributed by atoms with Crippen molar-refractivity contribution in [2.45, 2.75) is 97.8 Å². The van der Waals surface area contributed by atoms with E-state index < -0.39 is 11.9 Å². The van der Waals surface area contributed by atoms with Gasteiger partial charge in [0, 0.05) is 11.1 Å². The SMILES string of the molecule is C=C(C)C(=O)OOCCC(=O)NCC[N+](C)(CCCCCCCCCCCC)CCNC(=O)CCOOC(=O)C(=C)C.[I-]. The normalized spacial score (nSPS) is 10.8. The van der Waals surface area contributed by atoms with Crippen LogP contribution in [0, 0.1) is 0 Å². The third kappa shape index (κ3) is 26.1. The molecule has 0 aliphatic rings. The zero-order chi connectivity index (χ0) is 31.6. The van der Waals surface area contributed by atoms with E-state index in [4.69, 9.17) is 9.78 Å². The third-order valence-corrected chi connectivity index (χ3v) is 6.79. The molecule has 0 aliphatic heterocycles. The Morgan fingerprint density at radius 3 is 1.37 bits per heavy atom. The van der Waals surface area contributed by atoms with Crippen molar-refractivity contribution in [3.05, 3.63) is 24.3 Å². The predicted molar refractivity (Wildman–Crippen MR) is 162 cm³/mol. The number of halogens is 1. The van der Waals surface area contributed by atoms with Gasteiger partial charge in [0.05, 0.1) is 52.6 Å². The highest BCUT2D eigenvalue weighted by Gasteiger charge is 2.21. The van der Waals surface area contributed by atoms with Crippen LogP contribution >= 0.6 is 0 Å². The first-order valence-electron chi connectivity index (χ1n) is 15.4. The lowest BCUT2D eigenvalue weighted by atomic mass is 10.1. The molecule has 43 heavy (non-hydrogen) atoms. The zero-order valence-electron chi connectivity index (χ0n) is 26.9. The summed E-state index contributed by atoms with van der Waals surface area (Å²) in [5, 5.41) is 5.79. The van der Waals surface area contributed by atoms with Crippen LogP contribution in [-0.4, -0.2) is 81.2 Å². The summed E-state index contributed by atoms with van der Waals surface area (Å²) in [7, 11) is 2.13. The summed E-state index contributed by atoms with van der Waals surface area (Å²) >= 11 is 0. The van der Waals surface area contributed by atoms with Gasteiger partial charge < -0.3 is 39.1 Å². The number of quaternary nitrogens is 1. The van der Waals surface area contributed by atoms with Crippen molar-refractivity contribution in [3.8, 4) is 0 Å². The average Bonchev–Trinajstić information content (AvgIpc) is 2.94. The smallest absolute Gasteiger partial charge is 0.368 e. The Morgan fingerprint density at radius 2 is 1.00 bits per heavy atom.